The van der Waals surface area contributed by atoms with E-state index in [0.29, 0.717) is 0 Å². The zero-order chi connectivity index (χ0) is 8.43. The molecular weight excluding hydrogens is 168 g/mol. The molecule has 0 amide bonds. The molecule has 1 heterocycles. The highest BCUT2D eigenvalue weighted by atomic mass is 16.5. The lowest BCUT2D eigenvalue weighted by Crippen LogP contribution is -2.20. The Morgan fingerprint density at radius 1 is 1.75 bits per heavy atom. The van der Waals surface area contributed by atoms with Gasteiger partial charge in [0, 0.05) is 6.07 Å². The first-order valence-electron chi connectivity index (χ1n) is 2.78. The van der Waals surface area contributed by atoms with Crippen molar-refractivity contribution in [1.82, 2.24) is 5.16 Å². The Kier molecular flexibility index (Phi) is 3.20. The number of nitrogens with two attached hydrogens (primary N) is 1. The first kappa shape index (κ1) is 10.4. The number of hydrogen-bond donors (Lipinski definition) is 3. The molecule has 0 saturated carbocycles. The summed E-state index contributed by atoms with van der Waals surface area (Å²) in [7, 11) is 0. The second-order valence-electron chi connectivity index (χ2n) is 1.93. The van der Waals surface area contributed by atoms with E-state index >= 15 is 0 Å². The lowest BCUT2D eigenvalue weighted by Gasteiger charge is -1.97. The van der Waals surface area contributed by atoms with Crippen molar-refractivity contribution in [1.29, 1.82) is 0 Å². The number of rotatable bonds is 2. The molecule has 0 aliphatic heterocycles. The van der Waals surface area contributed by atoms with Crippen molar-refractivity contribution in [2.45, 2.75) is 6.04 Å². The van der Waals surface area contributed by atoms with Crippen molar-refractivity contribution < 1.29 is 19.9 Å². The van der Waals surface area contributed by atoms with E-state index < -0.39 is 17.6 Å². The van der Waals surface area contributed by atoms with Crippen LogP contribution >= 0.6 is 0 Å². The van der Waals surface area contributed by atoms with E-state index in [9.17, 15) is 9.59 Å². The van der Waals surface area contributed by atoms with E-state index in [-0.39, 0.29) is 11.2 Å². The molecule has 1 aromatic rings. The van der Waals surface area contributed by atoms with E-state index in [1.54, 1.807) is 0 Å². The van der Waals surface area contributed by atoms with Crippen LogP contribution in [0, 0.1) is 0 Å². The number of aliphatic carboxylic acids is 1. The number of carboxylic acids is 1. The number of carboxylic acid groups (broad SMARTS) is 1. The van der Waals surface area contributed by atoms with Gasteiger partial charge in [0.05, 0.1) is 0 Å². The monoisotopic (exact) mass is 176 g/mol. The Labute approximate surface area is 66.1 Å². The van der Waals surface area contributed by atoms with Crippen LogP contribution in [0.2, 0.25) is 0 Å². The summed E-state index contributed by atoms with van der Waals surface area (Å²) in [6.07, 6.45) is 0. The van der Waals surface area contributed by atoms with Crippen LogP contribution in [0.4, 0.5) is 0 Å². The van der Waals surface area contributed by atoms with Gasteiger partial charge >= 0.3 is 5.97 Å². The van der Waals surface area contributed by atoms with E-state index in [0.717, 1.165) is 6.07 Å². The summed E-state index contributed by atoms with van der Waals surface area (Å²) in [5.41, 5.74) is 4.60. The number of aromatic amines is 1. The summed E-state index contributed by atoms with van der Waals surface area (Å²) in [6, 6.07) is -0.285. The summed E-state index contributed by atoms with van der Waals surface area (Å²) in [5, 5.41) is 10.3. The molecule has 1 rings (SSSR count). The molecule has 0 bridgehead atoms. The lowest BCUT2D eigenvalue weighted by atomic mass is 10.2. The molecule has 0 fully saturated rings. The van der Waals surface area contributed by atoms with E-state index in [1.807, 2.05) is 5.16 Å². The third-order valence-corrected chi connectivity index (χ3v) is 1.12. The van der Waals surface area contributed by atoms with Gasteiger partial charge in [-0.15, -0.1) is 0 Å². The third-order valence-electron chi connectivity index (χ3n) is 1.12. The highest BCUT2D eigenvalue weighted by Gasteiger charge is 2.18. The molecular formula is C5H8N2O5. The lowest BCUT2D eigenvalue weighted by molar-refractivity contribution is -0.139. The van der Waals surface area contributed by atoms with Crippen molar-refractivity contribution >= 4 is 5.97 Å². The minimum atomic E-state index is -1.28. The van der Waals surface area contributed by atoms with Crippen LogP contribution in [0.15, 0.2) is 15.4 Å². The zero-order valence-electron chi connectivity index (χ0n) is 5.90. The van der Waals surface area contributed by atoms with Gasteiger partial charge < -0.3 is 20.8 Å². The van der Waals surface area contributed by atoms with Crippen LogP contribution in [0.3, 0.4) is 0 Å². The molecule has 0 aliphatic rings. The van der Waals surface area contributed by atoms with E-state index in [4.69, 9.17) is 10.8 Å². The Balaban J connectivity index is 0.00000121. The van der Waals surface area contributed by atoms with Crippen LogP contribution in [-0.4, -0.2) is 21.7 Å². The summed E-state index contributed by atoms with van der Waals surface area (Å²) < 4.78 is 4.44. The fourth-order valence-corrected chi connectivity index (χ4v) is 0.572. The molecule has 1 aromatic heterocycles. The Morgan fingerprint density at radius 3 is 2.67 bits per heavy atom. The van der Waals surface area contributed by atoms with Gasteiger partial charge in [0.15, 0.2) is 11.8 Å². The maximum atomic E-state index is 10.4. The van der Waals surface area contributed by atoms with E-state index in [2.05, 4.69) is 4.52 Å². The van der Waals surface area contributed by atoms with Crippen molar-refractivity contribution in [2.24, 2.45) is 5.73 Å². The van der Waals surface area contributed by atoms with Crippen LogP contribution in [-0.2, 0) is 4.79 Å². The van der Waals surface area contributed by atoms with Crippen LogP contribution in [0.25, 0.3) is 0 Å². The maximum absolute atomic E-state index is 10.4. The number of aromatic nitrogens is 1. The molecule has 7 nitrogen and oxygen atoms in total. The van der Waals surface area contributed by atoms with Crippen molar-refractivity contribution in [3.05, 3.63) is 22.2 Å². The third kappa shape index (κ3) is 1.94. The minimum Gasteiger partial charge on any atom is -0.480 e. The summed E-state index contributed by atoms with van der Waals surface area (Å²) in [4.78, 5) is 20.6. The number of carbonyl (C=O) groups is 1. The predicted octanol–water partition coefficient (Wildman–Crippen LogP) is -1.77. The molecule has 0 radical (unpaired) electrons. The van der Waals surface area contributed by atoms with E-state index in [1.165, 1.54) is 0 Å². The Hall–Kier alpha value is -1.60. The van der Waals surface area contributed by atoms with Gasteiger partial charge in [-0.2, -0.15) is 5.16 Å². The Bertz CT molecular complexity index is 314. The standard InChI is InChI=1S/C5H6N2O4.H2O/c6-4(5(9)10)2-1-3(8)7-11-2;/h1,4H,6H2,(H,7,8)(H,9,10);1H2/t4-;/m0./s1. The van der Waals surface area contributed by atoms with Gasteiger partial charge in [-0.3, -0.25) is 9.59 Å². The summed E-state index contributed by atoms with van der Waals surface area (Å²) in [6.45, 7) is 0. The number of nitrogens with one attached hydrogen (secondary N) is 1. The van der Waals surface area contributed by atoms with Gasteiger partial charge in [-0.25, -0.2) is 0 Å². The fraction of sp³-hybridized carbons (Fsp3) is 0.200. The number of H-pyrrole nitrogens is 1. The van der Waals surface area contributed by atoms with Gasteiger partial charge in [0.2, 0.25) is 0 Å². The smallest absolute Gasteiger partial charge is 0.328 e. The van der Waals surface area contributed by atoms with Crippen LogP contribution in [0.5, 0.6) is 0 Å². The molecule has 1 atom stereocenters. The normalized spacial score (nSPS) is 11.8. The molecule has 0 unspecified atom stereocenters. The molecule has 0 spiro atoms. The molecule has 0 aromatic carbocycles. The van der Waals surface area contributed by atoms with Gasteiger partial charge in [0.1, 0.15) is 0 Å². The largest absolute Gasteiger partial charge is 0.480 e. The summed E-state index contributed by atoms with van der Waals surface area (Å²) >= 11 is 0. The van der Waals surface area contributed by atoms with Crippen LogP contribution in [0.1, 0.15) is 11.8 Å². The second kappa shape index (κ2) is 3.69. The van der Waals surface area contributed by atoms with Crippen molar-refractivity contribution in [2.75, 3.05) is 0 Å². The number of hydrogen-bond acceptors (Lipinski definition) is 4. The maximum Gasteiger partial charge on any atom is 0.328 e. The first-order chi connectivity index (χ1) is 5.11. The first-order valence-corrected chi connectivity index (χ1v) is 2.78. The van der Waals surface area contributed by atoms with Crippen LogP contribution < -0.4 is 11.3 Å². The Morgan fingerprint density at radius 2 is 2.33 bits per heavy atom. The molecule has 12 heavy (non-hydrogen) atoms. The zero-order valence-corrected chi connectivity index (χ0v) is 5.90. The highest BCUT2D eigenvalue weighted by molar-refractivity contribution is 5.74. The molecule has 68 valence electrons. The topological polar surface area (TPSA) is 141 Å². The summed E-state index contributed by atoms with van der Waals surface area (Å²) in [5.74, 6) is -1.32. The average Bonchev–Trinajstić information content (AvgIpc) is 2.34. The van der Waals surface area contributed by atoms with Crippen molar-refractivity contribution in [3.63, 3.8) is 0 Å². The van der Waals surface area contributed by atoms with Crippen molar-refractivity contribution in [3.8, 4) is 0 Å². The van der Waals surface area contributed by atoms with Gasteiger partial charge in [-0.05, 0) is 0 Å². The quantitative estimate of drug-likeness (QED) is 0.488. The minimum absolute atomic E-state index is 0. The van der Waals surface area contributed by atoms with Gasteiger partial charge in [-0.1, -0.05) is 0 Å². The molecule has 0 aliphatic carbocycles. The molecule has 7 heteroatoms. The SMILES string of the molecule is N[C@H](C(=O)O)c1cc(=O)[nH]o1.O. The fourth-order valence-electron chi connectivity index (χ4n) is 0.572. The highest BCUT2D eigenvalue weighted by Crippen LogP contribution is 2.05. The van der Waals surface area contributed by atoms with Gasteiger partial charge in [0.25, 0.3) is 5.56 Å². The second-order valence-corrected chi connectivity index (χ2v) is 1.93. The molecule has 0 saturated heterocycles. The average molecular weight is 176 g/mol. The molecule has 6 N–H and O–H groups in total. The predicted molar refractivity (Wildman–Crippen MR) is 37.5 cm³/mol.